The summed E-state index contributed by atoms with van der Waals surface area (Å²) in [5.41, 5.74) is 0.800. The lowest BCUT2D eigenvalue weighted by molar-refractivity contribution is -0.0159. The van der Waals surface area contributed by atoms with E-state index in [1.54, 1.807) is 0 Å². The van der Waals surface area contributed by atoms with Crippen LogP contribution in [0.15, 0.2) is 11.0 Å². The molecule has 0 saturated heterocycles. The van der Waals surface area contributed by atoms with Gasteiger partial charge in [0.1, 0.15) is 6.07 Å². The zero-order valence-corrected chi connectivity index (χ0v) is 16.1. The van der Waals surface area contributed by atoms with Gasteiger partial charge >= 0.3 is 7.60 Å². The topological polar surface area (TPSA) is 71.3 Å². The fourth-order valence-corrected chi connectivity index (χ4v) is 6.80. The molecule has 5 nitrogen and oxygen atoms in total. The smallest absolute Gasteiger partial charge is 0.373 e. The van der Waals surface area contributed by atoms with Crippen molar-refractivity contribution in [2.75, 3.05) is 14.2 Å². The second kappa shape index (κ2) is 6.48. The Kier molecular flexibility index (Phi) is 4.86. The van der Waals surface area contributed by atoms with Crippen molar-refractivity contribution in [2.45, 2.75) is 57.9 Å². The third-order valence-corrected chi connectivity index (χ3v) is 7.98. The van der Waals surface area contributed by atoms with E-state index in [1.165, 1.54) is 52.7 Å². The van der Waals surface area contributed by atoms with Crippen LogP contribution in [-0.4, -0.2) is 19.8 Å². The first-order valence-electron chi connectivity index (χ1n) is 8.99. The Morgan fingerprint density at radius 3 is 1.92 bits per heavy atom. The van der Waals surface area contributed by atoms with Gasteiger partial charge in [0.15, 0.2) is 5.31 Å². The maximum atomic E-state index is 12.8. The van der Waals surface area contributed by atoms with E-state index in [1.807, 2.05) is 13.8 Å². The molecule has 0 aromatic heterocycles. The van der Waals surface area contributed by atoms with Gasteiger partial charge in [0.05, 0.1) is 0 Å². The molecule has 4 rings (SSSR count). The minimum absolute atomic E-state index is 0.0583. The highest BCUT2D eigenvalue weighted by Crippen LogP contribution is 2.58. The molecule has 4 aliphatic carbocycles. The molecule has 4 saturated carbocycles. The van der Waals surface area contributed by atoms with Crippen LogP contribution in [0.3, 0.4) is 0 Å². The summed E-state index contributed by atoms with van der Waals surface area (Å²) in [7, 11) is -0.879. The highest BCUT2D eigenvalue weighted by Gasteiger charge is 2.51. The molecule has 4 bridgehead atoms. The van der Waals surface area contributed by atoms with E-state index in [0.717, 1.165) is 23.5 Å². The lowest BCUT2D eigenvalue weighted by atomic mass is 9.53. The van der Waals surface area contributed by atoms with Gasteiger partial charge in [0, 0.05) is 25.5 Å². The van der Waals surface area contributed by atoms with Gasteiger partial charge in [0.25, 0.3) is 0 Å². The monoisotopic (exact) mass is 352 g/mol. The minimum Gasteiger partial charge on any atom is -0.381 e. The summed E-state index contributed by atoms with van der Waals surface area (Å²) in [5.74, 6) is 2.48. The number of hydrogen-bond acceptors (Lipinski definition) is 5. The van der Waals surface area contributed by atoms with Crippen LogP contribution in [0.4, 0.5) is 0 Å². The summed E-state index contributed by atoms with van der Waals surface area (Å²) < 4.78 is 23.1. The molecule has 0 atom stereocenters. The third kappa shape index (κ3) is 3.05. The summed E-state index contributed by atoms with van der Waals surface area (Å²) in [6.07, 6.45) is 7.58. The fourth-order valence-electron chi connectivity index (χ4n) is 5.55. The van der Waals surface area contributed by atoms with Crippen LogP contribution in [0.2, 0.25) is 0 Å². The van der Waals surface area contributed by atoms with Crippen molar-refractivity contribution in [1.29, 1.82) is 5.26 Å². The molecular weight excluding hydrogens is 323 g/mol. The molecule has 134 valence electrons. The Labute approximate surface area is 145 Å². The second-order valence-corrected chi connectivity index (χ2v) is 10.4. The van der Waals surface area contributed by atoms with Gasteiger partial charge in [-0.05, 0) is 62.2 Å². The van der Waals surface area contributed by atoms with Gasteiger partial charge in [-0.25, -0.2) is 0 Å². The Balaban J connectivity index is 1.96. The fraction of sp³-hybridized carbons (Fsp3) is 0.833. The minimum atomic E-state index is -3.55. The first-order valence-corrected chi connectivity index (χ1v) is 10.5. The molecule has 0 radical (unpaired) electrons. The quantitative estimate of drug-likeness (QED) is 0.566. The summed E-state index contributed by atoms with van der Waals surface area (Å²) >= 11 is 0. The van der Waals surface area contributed by atoms with Crippen LogP contribution in [0.25, 0.3) is 0 Å². The Bertz CT molecular complexity index is 577. The van der Waals surface area contributed by atoms with Crippen molar-refractivity contribution < 1.29 is 13.6 Å². The van der Waals surface area contributed by atoms with E-state index >= 15 is 0 Å². The zero-order valence-electron chi connectivity index (χ0n) is 15.2. The van der Waals surface area contributed by atoms with E-state index in [-0.39, 0.29) is 16.8 Å². The number of rotatable bonds is 6. The summed E-state index contributed by atoms with van der Waals surface area (Å²) in [4.78, 5) is 0. The van der Waals surface area contributed by atoms with Gasteiger partial charge in [-0.2, -0.15) is 5.26 Å². The van der Waals surface area contributed by atoms with Crippen LogP contribution in [-0.2, 0) is 13.6 Å². The van der Waals surface area contributed by atoms with Crippen molar-refractivity contribution in [3.05, 3.63) is 11.0 Å². The predicted octanol–water partition coefficient (Wildman–Crippen LogP) is 4.42. The van der Waals surface area contributed by atoms with Gasteiger partial charge < -0.3 is 14.4 Å². The van der Waals surface area contributed by atoms with Gasteiger partial charge in [-0.3, -0.25) is 4.57 Å². The van der Waals surface area contributed by atoms with Crippen LogP contribution >= 0.6 is 7.60 Å². The SMILES string of the molecule is COP(=O)(OC)/C(C#N)=C(/NC12CC3CC(CC(C3)C1)C2)C(C)C. The van der Waals surface area contributed by atoms with Crippen molar-refractivity contribution in [2.24, 2.45) is 23.7 Å². The van der Waals surface area contributed by atoms with Crippen LogP contribution in [0.5, 0.6) is 0 Å². The molecule has 0 heterocycles. The second-order valence-electron chi connectivity index (χ2n) is 8.21. The van der Waals surface area contributed by atoms with E-state index in [4.69, 9.17) is 9.05 Å². The summed E-state index contributed by atoms with van der Waals surface area (Å²) in [6, 6.07) is 2.11. The molecule has 1 N–H and O–H groups in total. The standard InChI is InChI=1S/C18H29N2O3P/c1-12(2)17(16(11-19)24(21,22-3)23-4)20-18-8-13-5-14(9-18)7-15(6-13)10-18/h12-15,20H,5-10H2,1-4H3/b17-16+. The molecule has 24 heavy (non-hydrogen) atoms. The molecule has 0 amide bonds. The molecule has 4 aliphatic rings. The third-order valence-electron chi connectivity index (χ3n) is 6.13. The predicted molar refractivity (Wildman–Crippen MR) is 93.1 cm³/mol. The largest absolute Gasteiger partial charge is 0.381 e. The van der Waals surface area contributed by atoms with E-state index in [9.17, 15) is 9.83 Å². The van der Waals surface area contributed by atoms with E-state index in [0.29, 0.717) is 0 Å². The molecule has 4 fully saturated rings. The first-order chi connectivity index (χ1) is 11.3. The number of nitrogens with zero attached hydrogens (tertiary/aromatic N) is 1. The first kappa shape index (κ1) is 18.0. The van der Waals surface area contributed by atoms with Crippen LogP contribution in [0.1, 0.15) is 52.4 Å². The molecule has 0 aromatic rings. The normalized spacial score (nSPS) is 35.8. The zero-order chi connectivity index (χ0) is 17.5. The van der Waals surface area contributed by atoms with Crippen LogP contribution < -0.4 is 5.32 Å². The van der Waals surface area contributed by atoms with E-state index < -0.39 is 7.60 Å². The van der Waals surface area contributed by atoms with Crippen LogP contribution in [0, 0.1) is 35.0 Å². The Morgan fingerprint density at radius 2 is 1.58 bits per heavy atom. The van der Waals surface area contributed by atoms with Gasteiger partial charge in [-0.1, -0.05) is 13.8 Å². The number of nitriles is 1. The lowest BCUT2D eigenvalue weighted by Crippen LogP contribution is -2.58. The Hall–Kier alpha value is -0.820. The van der Waals surface area contributed by atoms with Crippen molar-refractivity contribution in [1.82, 2.24) is 5.32 Å². The number of nitrogens with one attached hydrogen (secondary N) is 1. The molecular formula is C18H29N2O3P. The molecule has 0 aliphatic heterocycles. The number of hydrogen-bond donors (Lipinski definition) is 1. The van der Waals surface area contributed by atoms with E-state index in [2.05, 4.69) is 11.4 Å². The summed E-state index contributed by atoms with van der Waals surface area (Å²) in [6.45, 7) is 4.05. The highest BCUT2D eigenvalue weighted by molar-refractivity contribution is 7.58. The van der Waals surface area contributed by atoms with Crippen molar-refractivity contribution >= 4 is 7.60 Å². The maximum Gasteiger partial charge on any atom is 0.373 e. The molecule has 6 heteroatoms. The molecule has 0 aromatic carbocycles. The average molecular weight is 352 g/mol. The average Bonchev–Trinajstić information content (AvgIpc) is 2.52. The number of allylic oxidation sites excluding steroid dienone is 2. The Morgan fingerprint density at radius 1 is 1.12 bits per heavy atom. The molecule has 0 spiro atoms. The lowest BCUT2D eigenvalue weighted by Gasteiger charge is -2.57. The molecule has 0 unspecified atom stereocenters. The van der Waals surface area contributed by atoms with Crippen molar-refractivity contribution in [3.8, 4) is 6.07 Å². The van der Waals surface area contributed by atoms with Gasteiger partial charge in [0.2, 0.25) is 0 Å². The summed E-state index contributed by atoms with van der Waals surface area (Å²) in [5, 5.41) is 13.5. The highest BCUT2D eigenvalue weighted by atomic mass is 31.2. The van der Waals surface area contributed by atoms with Crippen molar-refractivity contribution in [3.63, 3.8) is 0 Å². The van der Waals surface area contributed by atoms with Gasteiger partial charge in [-0.15, -0.1) is 0 Å². The maximum absolute atomic E-state index is 12.8.